The molecular formula is C14H27N3O5S. The van der Waals surface area contributed by atoms with Crippen LogP contribution in [-0.4, -0.2) is 95.0 Å². The van der Waals surface area contributed by atoms with Crippen LogP contribution in [0.5, 0.6) is 0 Å². The van der Waals surface area contributed by atoms with Crippen molar-refractivity contribution in [1.82, 2.24) is 15.1 Å². The van der Waals surface area contributed by atoms with Crippen molar-refractivity contribution >= 4 is 21.7 Å². The van der Waals surface area contributed by atoms with Crippen molar-refractivity contribution in [2.45, 2.75) is 18.9 Å². The Kier molecular flexibility index (Phi) is 7.93. The van der Waals surface area contributed by atoms with E-state index in [1.165, 1.54) is 4.90 Å². The van der Waals surface area contributed by atoms with Crippen LogP contribution in [0.15, 0.2) is 0 Å². The first-order chi connectivity index (χ1) is 10.8. The minimum atomic E-state index is -3.12. The smallest absolute Gasteiger partial charge is 0.312 e. The number of carbonyl (C=O) groups excluding carboxylic acids is 2. The Hall–Kier alpha value is -1.19. The Morgan fingerprint density at radius 3 is 2.48 bits per heavy atom. The van der Waals surface area contributed by atoms with Gasteiger partial charge < -0.3 is 19.9 Å². The number of nitrogens with zero attached hydrogens (tertiary/aromatic N) is 2. The van der Waals surface area contributed by atoms with E-state index in [-0.39, 0.29) is 11.5 Å². The van der Waals surface area contributed by atoms with Gasteiger partial charge in [0.15, 0.2) is 9.84 Å². The van der Waals surface area contributed by atoms with Crippen molar-refractivity contribution in [3.8, 4) is 0 Å². The molecule has 23 heavy (non-hydrogen) atoms. The zero-order chi connectivity index (χ0) is 17.5. The van der Waals surface area contributed by atoms with Gasteiger partial charge in [-0.25, -0.2) is 8.42 Å². The second-order valence-electron chi connectivity index (χ2n) is 5.96. The van der Waals surface area contributed by atoms with E-state index in [1.807, 2.05) is 19.0 Å². The monoisotopic (exact) mass is 349 g/mol. The molecule has 1 atom stereocenters. The summed E-state index contributed by atoms with van der Waals surface area (Å²) in [6, 6.07) is -0.419. The molecule has 1 heterocycles. The Morgan fingerprint density at radius 2 is 1.96 bits per heavy atom. The molecule has 0 aliphatic carbocycles. The summed E-state index contributed by atoms with van der Waals surface area (Å²) in [7, 11) is 2.17. The molecule has 1 N–H and O–H groups in total. The zero-order valence-electron chi connectivity index (χ0n) is 14.1. The summed E-state index contributed by atoms with van der Waals surface area (Å²) in [5.41, 5.74) is 0. The van der Waals surface area contributed by atoms with Crippen LogP contribution in [0.25, 0.3) is 0 Å². The first-order valence-electron chi connectivity index (χ1n) is 7.69. The topological polar surface area (TPSA) is 96.0 Å². The van der Waals surface area contributed by atoms with Crippen LogP contribution >= 0.6 is 0 Å². The van der Waals surface area contributed by atoms with Crippen LogP contribution < -0.4 is 5.32 Å². The van der Waals surface area contributed by atoms with Crippen LogP contribution in [0.2, 0.25) is 0 Å². The van der Waals surface area contributed by atoms with Crippen molar-refractivity contribution in [2.75, 3.05) is 59.0 Å². The van der Waals surface area contributed by atoms with Crippen LogP contribution in [0.1, 0.15) is 12.8 Å². The standard InChI is InChI=1S/C14H27N3O5S/c1-16(2)7-8-17(12-5-10-23(20,21)11-12)14(19)13(18)15-6-4-9-22-3/h12H,4-11H2,1-3H3,(H,15,18). The van der Waals surface area contributed by atoms with Gasteiger partial charge in [0.25, 0.3) is 0 Å². The molecule has 0 aromatic rings. The molecule has 1 saturated heterocycles. The summed E-state index contributed by atoms with van der Waals surface area (Å²) in [5.74, 6) is -1.35. The van der Waals surface area contributed by atoms with Gasteiger partial charge in [-0.1, -0.05) is 0 Å². The molecule has 0 bridgehead atoms. The molecule has 2 amide bonds. The fourth-order valence-corrected chi connectivity index (χ4v) is 4.13. The molecule has 134 valence electrons. The molecule has 1 rings (SSSR count). The number of carbonyl (C=O) groups is 2. The van der Waals surface area contributed by atoms with Gasteiger partial charge in [-0.2, -0.15) is 0 Å². The normalized spacial score (nSPS) is 19.7. The van der Waals surface area contributed by atoms with E-state index in [4.69, 9.17) is 4.74 Å². The van der Waals surface area contributed by atoms with Gasteiger partial charge in [-0.3, -0.25) is 9.59 Å². The maximum absolute atomic E-state index is 12.4. The van der Waals surface area contributed by atoms with Crippen LogP contribution in [0.3, 0.4) is 0 Å². The number of rotatable bonds is 8. The molecule has 9 heteroatoms. The lowest BCUT2D eigenvalue weighted by atomic mass is 10.2. The summed E-state index contributed by atoms with van der Waals surface area (Å²) >= 11 is 0. The fraction of sp³-hybridized carbons (Fsp3) is 0.857. The van der Waals surface area contributed by atoms with E-state index in [0.29, 0.717) is 39.1 Å². The third-order valence-corrected chi connectivity index (χ3v) is 5.45. The lowest BCUT2D eigenvalue weighted by Gasteiger charge is -2.28. The maximum Gasteiger partial charge on any atom is 0.312 e. The van der Waals surface area contributed by atoms with Gasteiger partial charge >= 0.3 is 11.8 Å². The van der Waals surface area contributed by atoms with Crippen LogP contribution in [-0.2, 0) is 24.2 Å². The number of ether oxygens (including phenoxy) is 1. The summed E-state index contributed by atoms with van der Waals surface area (Å²) in [4.78, 5) is 27.7. The molecule has 0 spiro atoms. The lowest BCUT2D eigenvalue weighted by Crippen LogP contribution is -2.50. The highest BCUT2D eigenvalue weighted by atomic mass is 32.2. The van der Waals surface area contributed by atoms with Gasteiger partial charge in [-0.05, 0) is 26.9 Å². The minimum Gasteiger partial charge on any atom is -0.385 e. The van der Waals surface area contributed by atoms with Crippen molar-refractivity contribution in [3.05, 3.63) is 0 Å². The van der Waals surface area contributed by atoms with Gasteiger partial charge in [0.1, 0.15) is 0 Å². The average molecular weight is 349 g/mol. The van der Waals surface area contributed by atoms with Crippen LogP contribution in [0, 0.1) is 0 Å². The van der Waals surface area contributed by atoms with Crippen molar-refractivity contribution in [3.63, 3.8) is 0 Å². The first-order valence-corrected chi connectivity index (χ1v) is 9.52. The molecule has 0 aromatic carbocycles. The molecule has 0 aromatic heterocycles. The number of methoxy groups -OCH3 is 1. The molecule has 1 aliphatic rings. The van der Waals surface area contributed by atoms with Gasteiger partial charge in [0.2, 0.25) is 0 Å². The zero-order valence-corrected chi connectivity index (χ0v) is 14.9. The highest BCUT2D eigenvalue weighted by molar-refractivity contribution is 7.91. The molecular weight excluding hydrogens is 322 g/mol. The molecule has 0 radical (unpaired) electrons. The Bertz CT molecular complexity index is 507. The van der Waals surface area contributed by atoms with E-state index in [2.05, 4.69) is 5.32 Å². The van der Waals surface area contributed by atoms with Gasteiger partial charge in [0, 0.05) is 39.4 Å². The third-order valence-electron chi connectivity index (χ3n) is 3.70. The lowest BCUT2D eigenvalue weighted by molar-refractivity contribution is -0.147. The van der Waals surface area contributed by atoms with E-state index < -0.39 is 27.7 Å². The second kappa shape index (κ2) is 9.19. The summed E-state index contributed by atoms with van der Waals surface area (Å²) in [6.07, 6.45) is 1.00. The van der Waals surface area contributed by atoms with E-state index in [9.17, 15) is 18.0 Å². The first kappa shape index (κ1) is 19.9. The van der Waals surface area contributed by atoms with Gasteiger partial charge in [0.05, 0.1) is 11.5 Å². The van der Waals surface area contributed by atoms with Crippen molar-refractivity contribution in [1.29, 1.82) is 0 Å². The summed E-state index contributed by atoms with van der Waals surface area (Å²) < 4.78 is 28.2. The summed E-state index contributed by atoms with van der Waals surface area (Å²) in [6.45, 7) is 1.75. The molecule has 8 nitrogen and oxygen atoms in total. The highest BCUT2D eigenvalue weighted by Crippen LogP contribution is 2.18. The number of hydrogen-bond acceptors (Lipinski definition) is 6. The molecule has 1 aliphatic heterocycles. The quantitative estimate of drug-likeness (QED) is 0.433. The Morgan fingerprint density at radius 1 is 1.26 bits per heavy atom. The largest absolute Gasteiger partial charge is 0.385 e. The minimum absolute atomic E-state index is 0.0663. The molecule has 1 fully saturated rings. The number of sulfone groups is 1. The van der Waals surface area contributed by atoms with Gasteiger partial charge in [-0.15, -0.1) is 0 Å². The fourth-order valence-electron chi connectivity index (χ4n) is 2.40. The van der Waals surface area contributed by atoms with E-state index in [1.54, 1.807) is 7.11 Å². The second-order valence-corrected chi connectivity index (χ2v) is 8.19. The Labute approximate surface area is 138 Å². The average Bonchev–Trinajstić information content (AvgIpc) is 2.83. The Balaban J connectivity index is 2.66. The van der Waals surface area contributed by atoms with Crippen LogP contribution in [0.4, 0.5) is 0 Å². The predicted molar refractivity (Wildman–Crippen MR) is 86.8 cm³/mol. The van der Waals surface area contributed by atoms with Crippen molar-refractivity contribution in [2.24, 2.45) is 0 Å². The number of likely N-dealkylation sites (N-methyl/N-ethyl adjacent to an activating group) is 1. The molecule has 1 unspecified atom stereocenters. The number of amides is 2. The number of hydrogen-bond donors (Lipinski definition) is 1. The SMILES string of the molecule is COCCCNC(=O)C(=O)N(CCN(C)C)C1CCS(=O)(=O)C1. The maximum atomic E-state index is 12.4. The van der Waals surface area contributed by atoms with E-state index in [0.717, 1.165) is 0 Å². The summed E-state index contributed by atoms with van der Waals surface area (Å²) in [5, 5.41) is 2.56. The van der Waals surface area contributed by atoms with Crippen molar-refractivity contribution < 1.29 is 22.7 Å². The predicted octanol–water partition coefficient (Wildman–Crippen LogP) is -1.28. The van der Waals surface area contributed by atoms with E-state index >= 15 is 0 Å². The molecule has 0 saturated carbocycles. The highest BCUT2D eigenvalue weighted by Gasteiger charge is 2.36. The number of nitrogens with one attached hydrogen (secondary N) is 1. The third kappa shape index (κ3) is 6.84.